The van der Waals surface area contributed by atoms with Crippen molar-refractivity contribution in [1.82, 2.24) is 15.6 Å². The molecule has 0 aliphatic carbocycles. The molecule has 5 N–H and O–H groups in total. The summed E-state index contributed by atoms with van der Waals surface area (Å²) >= 11 is 1.38. The molecule has 1 atom stereocenters. The van der Waals surface area contributed by atoms with E-state index in [4.69, 9.17) is 10.8 Å². The zero-order chi connectivity index (χ0) is 14.4. The van der Waals surface area contributed by atoms with E-state index in [1.165, 1.54) is 11.3 Å². The standard InChI is InChI=1S/C10H14N4O4S/c1-5-4-19-8(13-5)3-12-10(18)14-6(9(16)17)2-7(11)15/h4,6H,2-3H2,1H3,(H2,11,15)(H,16,17)(H2,12,14,18)/t6-/m0/s1. The van der Waals surface area contributed by atoms with Gasteiger partial charge < -0.3 is 21.5 Å². The third-order valence-electron chi connectivity index (χ3n) is 2.08. The normalized spacial score (nSPS) is 11.6. The molecular formula is C10H14N4O4S. The third-order valence-corrected chi connectivity index (χ3v) is 3.04. The second-order valence-corrected chi connectivity index (χ2v) is 4.71. The summed E-state index contributed by atoms with van der Waals surface area (Å²) in [4.78, 5) is 37.0. The van der Waals surface area contributed by atoms with Crippen LogP contribution in [0.15, 0.2) is 5.38 Å². The van der Waals surface area contributed by atoms with Gasteiger partial charge in [0, 0.05) is 11.1 Å². The van der Waals surface area contributed by atoms with Crippen LogP contribution in [0.1, 0.15) is 17.1 Å². The third kappa shape index (κ3) is 5.34. The average Bonchev–Trinajstić information content (AvgIpc) is 2.71. The minimum absolute atomic E-state index is 0.188. The van der Waals surface area contributed by atoms with Crippen LogP contribution >= 0.6 is 11.3 Å². The largest absolute Gasteiger partial charge is 0.480 e. The summed E-state index contributed by atoms with van der Waals surface area (Å²) in [7, 11) is 0. The van der Waals surface area contributed by atoms with Crippen LogP contribution in [0.5, 0.6) is 0 Å². The Bertz CT molecular complexity index is 488. The highest BCUT2D eigenvalue weighted by Gasteiger charge is 2.21. The summed E-state index contributed by atoms with van der Waals surface area (Å²) in [6, 6.07) is -2.03. The van der Waals surface area contributed by atoms with Gasteiger partial charge in [0.25, 0.3) is 0 Å². The van der Waals surface area contributed by atoms with E-state index in [1.54, 1.807) is 0 Å². The van der Waals surface area contributed by atoms with Crippen LogP contribution in [0, 0.1) is 6.92 Å². The number of nitrogens with two attached hydrogens (primary N) is 1. The molecule has 8 nitrogen and oxygen atoms in total. The number of aromatic nitrogens is 1. The van der Waals surface area contributed by atoms with Crippen molar-refractivity contribution < 1.29 is 19.5 Å². The lowest BCUT2D eigenvalue weighted by Crippen LogP contribution is -2.47. The monoisotopic (exact) mass is 286 g/mol. The molecule has 0 bridgehead atoms. The van der Waals surface area contributed by atoms with E-state index < -0.39 is 30.4 Å². The first-order valence-electron chi connectivity index (χ1n) is 5.35. The first-order chi connectivity index (χ1) is 8.88. The first-order valence-corrected chi connectivity index (χ1v) is 6.23. The lowest BCUT2D eigenvalue weighted by molar-refractivity contribution is -0.140. The number of primary amides is 1. The van der Waals surface area contributed by atoms with Crippen LogP contribution in [0.4, 0.5) is 4.79 Å². The van der Waals surface area contributed by atoms with Gasteiger partial charge in [-0.05, 0) is 6.92 Å². The molecule has 19 heavy (non-hydrogen) atoms. The van der Waals surface area contributed by atoms with Crippen LogP contribution < -0.4 is 16.4 Å². The van der Waals surface area contributed by atoms with Crippen molar-refractivity contribution in [1.29, 1.82) is 0 Å². The van der Waals surface area contributed by atoms with Crippen LogP contribution in [0.3, 0.4) is 0 Å². The van der Waals surface area contributed by atoms with Gasteiger partial charge in [0.15, 0.2) is 0 Å². The number of urea groups is 1. The molecule has 1 aromatic heterocycles. The van der Waals surface area contributed by atoms with Gasteiger partial charge in [0.05, 0.1) is 13.0 Å². The van der Waals surface area contributed by atoms with E-state index in [2.05, 4.69) is 15.6 Å². The number of rotatable bonds is 6. The lowest BCUT2D eigenvalue weighted by Gasteiger charge is -2.13. The fourth-order valence-corrected chi connectivity index (χ4v) is 1.96. The van der Waals surface area contributed by atoms with Crippen LogP contribution in [-0.2, 0) is 16.1 Å². The molecule has 0 radical (unpaired) electrons. The summed E-state index contributed by atoms with van der Waals surface area (Å²) in [6.07, 6.45) is -0.459. The van der Waals surface area contributed by atoms with E-state index in [0.29, 0.717) is 5.01 Å². The number of aliphatic carboxylic acids is 1. The molecule has 1 aromatic rings. The number of hydrogen-bond donors (Lipinski definition) is 4. The zero-order valence-corrected chi connectivity index (χ0v) is 11.0. The predicted molar refractivity (Wildman–Crippen MR) is 67.5 cm³/mol. The fourth-order valence-electron chi connectivity index (χ4n) is 1.25. The van der Waals surface area contributed by atoms with Gasteiger partial charge in [-0.1, -0.05) is 0 Å². The van der Waals surface area contributed by atoms with Crippen LogP contribution in [0.2, 0.25) is 0 Å². The maximum Gasteiger partial charge on any atom is 0.326 e. The van der Waals surface area contributed by atoms with E-state index in [-0.39, 0.29) is 6.54 Å². The highest BCUT2D eigenvalue weighted by Crippen LogP contribution is 2.07. The Morgan fingerprint density at radius 1 is 1.53 bits per heavy atom. The summed E-state index contributed by atoms with van der Waals surface area (Å²) in [5.74, 6) is -2.12. The van der Waals surface area contributed by atoms with E-state index >= 15 is 0 Å². The second-order valence-electron chi connectivity index (χ2n) is 3.77. The molecular weight excluding hydrogens is 272 g/mol. The maximum atomic E-state index is 11.5. The zero-order valence-electron chi connectivity index (χ0n) is 10.2. The molecule has 0 saturated heterocycles. The number of hydrogen-bond acceptors (Lipinski definition) is 5. The molecule has 0 spiro atoms. The minimum atomic E-state index is -1.34. The molecule has 1 heterocycles. The molecule has 9 heteroatoms. The Balaban J connectivity index is 2.44. The van der Waals surface area contributed by atoms with Gasteiger partial charge in [-0.25, -0.2) is 14.6 Å². The van der Waals surface area contributed by atoms with Gasteiger partial charge in [0.2, 0.25) is 5.91 Å². The topological polar surface area (TPSA) is 134 Å². The van der Waals surface area contributed by atoms with Crippen molar-refractivity contribution in [2.24, 2.45) is 5.73 Å². The number of thiazole rings is 1. The Hall–Kier alpha value is -2.16. The molecule has 3 amide bonds. The predicted octanol–water partition coefficient (Wildman–Crippen LogP) is -0.421. The highest BCUT2D eigenvalue weighted by atomic mass is 32.1. The second kappa shape index (κ2) is 6.69. The van der Waals surface area contributed by atoms with Gasteiger partial charge in [-0.2, -0.15) is 0 Å². The van der Waals surface area contributed by atoms with E-state index in [9.17, 15) is 14.4 Å². The van der Waals surface area contributed by atoms with Crippen molar-refractivity contribution in [3.05, 3.63) is 16.1 Å². The average molecular weight is 286 g/mol. The molecule has 0 saturated carbocycles. The van der Waals surface area contributed by atoms with Crippen molar-refractivity contribution >= 4 is 29.2 Å². The van der Waals surface area contributed by atoms with Crippen LogP contribution in [0.25, 0.3) is 0 Å². The molecule has 0 aliphatic rings. The lowest BCUT2D eigenvalue weighted by atomic mass is 10.2. The van der Waals surface area contributed by atoms with Gasteiger partial charge in [0.1, 0.15) is 11.0 Å². The fraction of sp³-hybridized carbons (Fsp3) is 0.400. The number of carboxylic acid groups (broad SMARTS) is 1. The molecule has 0 aromatic carbocycles. The molecule has 0 unspecified atom stereocenters. The van der Waals surface area contributed by atoms with Crippen molar-refractivity contribution in [2.75, 3.05) is 0 Å². The Labute approximate surface area is 113 Å². The van der Waals surface area contributed by atoms with Gasteiger partial charge in [-0.3, -0.25) is 4.79 Å². The summed E-state index contributed by atoms with van der Waals surface area (Å²) in [6.45, 7) is 2.01. The van der Waals surface area contributed by atoms with E-state index in [1.807, 2.05) is 12.3 Å². The Morgan fingerprint density at radius 3 is 2.68 bits per heavy atom. The molecule has 1 rings (SSSR count). The number of aryl methyl sites for hydroxylation is 1. The number of nitrogens with zero attached hydrogens (tertiary/aromatic N) is 1. The number of carbonyl (C=O) groups excluding carboxylic acids is 2. The first kappa shape index (κ1) is 14.9. The number of carbonyl (C=O) groups is 3. The minimum Gasteiger partial charge on any atom is -0.480 e. The molecule has 0 aliphatic heterocycles. The van der Waals surface area contributed by atoms with Crippen molar-refractivity contribution in [3.63, 3.8) is 0 Å². The van der Waals surface area contributed by atoms with Crippen LogP contribution in [-0.4, -0.2) is 34.0 Å². The van der Waals surface area contributed by atoms with Crippen molar-refractivity contribution in [2.45, 2.75) is 25.9 Å². The summed E-state index contributed by atoms with van der Waals surface area (Å²) < 4.78 is 0. The summed E-state index contributed by atoms with van der Waals surface area (Å²) in [5.41, 5.74) is 5.74. The number of amides is 3. The van der Waals surface area contributed by atoms with E-state index in [0.717, 1.165) is 5.69 Å². The summed E-state index contributed by atoms with van der Waals surface area (Å²) in [5, 5.41) is 15.9. The highest BCUT2D eigenvalue weighted by molar-refractivity contribution is 7.09. The molecule has 104 valence electrons. The Kier molecular flexibility index (Phi) is 5.24. The quantitative estimate of drug-likeness (QED) is 0.563. The smallest absolute Gasteiger partial charge is 0.326 e. The number of nitrogens with one attached hydrogen (secondary N) is 2. The van der Waals surface area contributed by atoms with Gasteiger partial charge in [-0.15, -0.1) is 11.3 Å². The maximum absolute atomic E-state index is 11.5. The van der Waals surface area contributed by atoms with Gasteiger partial charge >= 0.3 is 12.0 Å². The number of carboxylic acids is 1. The van der Waals surface area contributed by atoms with Crippen molar-refractivity contribution in [3.8, 4) is 0 Å². The molecule has 0 fully saturated rings. The Morgan fingerprint density at radius 2 is 2.21 bits per heavy atom. The SMILES string of the molecule is Cc1csc(CNC(=O)N[C@@H](CC(N)=O)C(=O)O)n1.